The Kier molecular flexibility index (Phi) is 4.38. The smallest absolute Gasteiger partial charge is 0.216 e. The number of sulfonamides is 1. The van der Waals surface area contributed by atoms with E-state index in [1.807, 2.05) is 24.3 Å². The lowest BCUT2D eigenvalue weighted by Gasteiger charge is -2.36. The van der Waals surface area contributed by atoms with E-state index in [0.29, 0.717) is 31.2 Å². The van der Waals surface area contributed by atoms with Crippen LogP contribution in [-0.4, -0.2) is 44.2 Å². The molecule has 0 bridgehead atoms. The summed E-state index contributed by atoms with van der Waals surface area (Å²) in [7, 11) is -3.13. The molecule has 1 fully saturated rings. The van der Waals surface area contributed by atoms with Crippen molar-refractivity contribution in [2.45, 2.75) is 19.1 Å². The molecular weight excluding hydrogens is 284 g/mol. The molecule has 0 N–H and O–H groups in total. The van der Waals surface area contributed by atoms with Crippen LogP contribution in [0.2, 0.25) is 5.02 Å². The zero-order chi connectivity index (χ0) is 14.0. The minimum Gasteiger partial charge on any atom is -0.369 e. The van der Waals surface area contributed by atoms with Gasteiger partial charge >= 0.3 is 0 Å². The van der Waals surface area contributed by atoms with Gasteiger partial charge in [-0.25, -0.2) is 8.42 Å². The summed E-state index contributed by atoms with van der Waals surface area (Å²) in [4.78, 5) is 2.18. The predicted octanol–water partition coefficient (Wildman–Crippen LogP) is 2.20. The maximum atomic E-state index is 12.1. The Morgan fingerprint density at radius 3 is 2.05 bits per heavy atom. The second kappa shape index (κ2) is 5.69. The van der Waals surface area contributed by atoms with E-state index in [1.54, 1.807) is 18.2 Å². The Morgan fingerprint density at radius 2 is 1.58 bits per heavy atom. The summed E-state index contributed by atoms with van der Waals surface area (Å²) in [6.45, 7) is 5.97. The molecule has 1 saturated heterocycles. The van der Waals surface area contributed by atoms with Gasteiger partial charge in [0.1, 0.15) is 0 Å². The van der Waals surface area contributed by atoms with Crippen LogP contribution in [0.1, 0.15) is 13.8 Å². The first-order valence-electron chi connectivity index (χ1n) is 6.41. The monoisotopic (exact) mass is 302 g/mol. The molecule has 0 aromatic heterocycles. The second-order valence-corrected chi connectivity index (χ2v) is 7.88. The lowest BCUT2D eigenvalue weighted by molar-refractivity contribution is 0.381. The van der Waals surface area contributed by atoms with Crippen molar-refractivity contribution in [3.63, 3.8) is 0 Å². The van der Waals surface area contributed by atoms with Crippen LogP contribution in [0.25, 0.3) is 0 Å². The first-order chi connectivity index (χ1) is 8.91. The van der Waals surface area contributed by atoms with Crippen LogP contribution >= 0.6 is 11.6 Å². The molecule has 0 saturated carbocycles. The topological polar surface area (TPSA) is 40.6 Å². The van der Waals surface area contributed by atoms with E-state index in [2.05, 4.69) is 4.90 Å². The Labute approximate surface area is 120 Å². The summed E-state index contributed by atoms with van der Waals surface area (Å²) in [5, 5.41) is 0.361. The van der Waals surface area contributed by atoms with E-state index in [4.69, 9.17) is 11.6 Å². The molecule has 0 atom stereocenters. The Morgan fingerprint density at radius 1 is 1.05 bits per heavy atom. The average Bonchev–Trinajstić information content (AvgIpc) is 2.39. The highest BCUT2D eigenvalue weighted by molar-refractivity contribution is 7.89. The van der Waals surface area contributed by atoms with Crippen LogP contribution in [0.15, 0.2) is 24.3 Å². The molecule has 1 aliphatic heterocycles. The van der Waals surface area contributed by atoms with Crippen LogP contribution in [-0.2, 0) is 10.0 Å². The molecule has 1 aliphatic rings. The number of halogens is 1. The SMILES string of the molecule is CC(C)S(=O)(=O)N1CCN(c2ccc(Cl)cc2)CC1. The fourth-order valence-electron chi connectivity index (χ4n) is 2.15. The van der Waals surface area contributed by atoms with Gasteiger partial charge in [-0.3, -0.25) is 0 Å². The lowest BCUT2D eigenvalue weighted by Crippen LogP contribution is -2.50. The van der Waals surface area contributed by atoms with Crippen molar-refractivity contribution >= 4 is 27.3 Å². The van der Waals surface area contributed by atoms with E-state index in [1.165, 1.54) is 0 Å². The molecule has 1 heterocycles. The summed E-state index contributed by atoms with van der Waals surface area (Å²) in [5.41, 5.74) is 1.09. The van der Waals surface area contributed by atoms with Crippen LogP contribution in [0.3, 0.4) is 0 Å². The first kappa shape index (κ1) is 14.6. The summed E-state index contributed by atoms with van der Waals surface area (Å²) >= 11 is 5.86. The van der Waals surface area contributed by atoms with Gasteiger partial charge in [-0.1, -0.05) is 11.6 Å². The standard InChI is InChI=1S/C13H19ClN2O2S/c1-11(2)19(17,18)16-9-7-15(8-10-16)13-5-3-12(14)4-6-13/h3-6,11H,7-10H2,1-2H3. The lowest BCUT2D eigenvalue weighted by atomic mass is 10.2. The summed E-state index contributed by atoms with van der Waals surface area (Å²) in [6.07, 6.45) is 0. The van der Waals surface area contributed by atoms with E-state index in [9.17, 15) is 8.42 Å². The van der Waals surface area contributed by atoms with Crippen LogP contribution in [0, 0.1) is 0 Å². The van der Waals surface area contributed by atoms with Crippen molar-refractivity contribution in [2.75, 3.05) is 31.1 Å². The predicted molar refractivity (Wildman–Crippen MR) is 79.3 cm³/mol. The number of rotatable bonds is 3. The average molecular weight is 303 g/mol. The normalized spacial score (nSPS) is 18.0. The molecule has 6 heteroatoms. The molecule has 0 unspecified atom stereocenters. The first-order valence-corrected chi connectivity index (χ1v) is 8.29. The number of hydrogen-bond donors (Lipinski definition) is 0. The van der Waals surface area contributed by atoms with Gasteiger partial charge in [-0.2, -0.15) is 4.31 Å². The molecular formula is C13H19ClN2O2S. The summed E-state index contributed by atoms with van der Waals surface area (Å²) in [5.74, 6) is 0. The van der Waals surface area contributed by atoms with Gasteiger partial charge in [0, 0.05) is 36.9 Å². The van der Waals surface area contributed by atoms with E-state index < -0.39 is 10.0 Å². The van der Waals surface area contributed by atoms with Crippen molar-refractivity contribution in [3.05, 3.63) is 29.3 Å². The molecule has 1 aromatic carbocycles. The third-order valence-electron chi connectivity index (χ3n) is 3.39. The highest BCUT2D eigenvalue weighted by Crippen LogP contribution is 2.21. The Balaban J connectivity index is 2.02. The molecule has 0 aliphatic carbocycles. The van der Waals surface area contributed by atoms with E-state index in [-0.39, 0.29) is 5.25 Å². The van der Waals surface area contributed by atoms with Crippen LogP contribution in [0.4, 0.5) is 5.69 Å². The van der Waals surface area contributed by atoms with Crippen molar-refractivity contribution in [1.29, 1.82) is 0 Å². The molecule has 0 spiro atoms. The minimum atomic E-state index is -3.13. The van der Waals surface area contributed by atoms with Gasteiger partial charge < -0.3 is 4.90 Å². The fraction of sp³-hybridized carbons (Fsp3) is 0.538. The molecule has 0 radical (unpaired) electrons. The van der Waals surface area contributed by atoms with Crippen molar-refractivity contribution in [2.24, 2.45) is 0 Å². The molecule has 19 heavy (non-hydrogen) atoms. The molecule has 106 valence electrons. The van der Waals surface area contributed by atoms with Crippen LogP contribution in [0.5, 0.6) is 0 Å². The highest BCUT2D eigenvalue weighted by atomic mass is 35.5. The maximum absolute atomic E-state index is 12.1. The minimum absolute atomic E-state index is 0.352. The Hall–Kier alpha value is -0.780. The largest absolute Gasteiger partial charge is 0.369 e. The van der Waals surface area contributed by atoms with Gasteiger partial charge in [0.25, 0.3) is 0 Å². The quantitative estimate of drug-likeness (QED) is 0.859. The Bertz CT molecular complexity index is 520. The number of benzene rings is 1. The van der Waals surface area contributed by atoms with Gasteiger partial charge in [0.2, 0.25) is 10.0 Å². The number of nitrogens with zero attached hydrogens (tertiary/aromatic N) is 2. The number of anilines is 1. The fourth-order valence-corrected chi connectivity index (χ4v) is 3.55. The zero-order valence-corrected chi connectivity index (χ0v) is 12.8. The van der Waals surface area contributed by atoms with Gasteiger partial charge in [-0.05, 0) is 38.1 Å². The molecule has 1 aromatic rings. The van der Waals surface area contributed by atoms with Gasteiger partial charge in [-0.15, -0.1) is 0 Å². The van der Waals surface area contributed by atoms with Gasteiger partial charge in [0.05, 0.1) is 5.25 Å². The van der Waals surface area contributed by atoms with Gasteiger partial charge in [0.15, 0.2) is 0 Å². The zero-order valence-electron chi connectivity index (χ0n) is 11.2. The third kappa shape index (κ3) is 3.22. The van der Waals surface area contributed by atoms with Crippen molar-refractivity contribution in [3.8, 4) is 0 Å². The third-order valence-corrected chi connectivity index (χ3v) is 5.91. The second-order valence-electron chi connectivity index (χ2n) is 4.96. The van der Waals surface area contributed by atoms with E-state index in [0.717, 1.165) is 5.69 Å². The maximum Gasteiger partial charge on any atom is 0.216 e. The molecule has 4 nitrogen and oxygen atoms in total. The van der Waals surface area contributed by atoms with Crippen molar-refractivity contribution < 1.29 is 8.42 Å². The number of piperazine rings is 1. The molecule has 0 amide bonds. The van der Waals surface area contributed by atoms with Crippen molar-refractivity contribution in [1.82, 2.24) is 4.31 Å². The highest BCUT2D eigenvalue weighted by Gasteiger charge is 2.29. The number of hydrogen-bond acceptors (Lipinski definition) is 3. The summed E-state index contributed by atoms with van der Waals surface area (Å²) < 4.78 is 25.7. The van der Waals surface area contributed by atoms with Crippen LogP contribution < -0.4 is 4.90 Å². The van der Waals surface area contributed by atoms with E-state index >= 15 is 0 Å². The summed E-state index contributed by atoms with van der Waals surface area (Å²) in [6, 6.07) is 7.64. The molecule has 2 rings (SSSR count).